The van der Waals surface area contributed by atoms with Gasteiger partial charge in [-0.25, -0.2) is 9.97 Å². The fourth-order valence-corrected chi connectivity index (χ4v) is 5.05. The van der Waals surface area contributed by atoms with Crippen LogP contribution in [-0.2, 0) is 6.18 Å². The van der Waals surface area contributed by atoms with Crippen LogP contribution in [-0.4, -0.2) is 74.3 Å². The third kappa shape index (κ3) is 6.75. The summed E-state index contributed by atoms with van der Waals surface area (Å²) in [6, 6.07) is 10.9. The van der Waals surface area contributed by atoms with E-state index in [1.54, 1.807) is 30.3 Å². The minimum absolute atomic E-state index is 0.0759. The van der Waals surface area contributed by atoms with Crippen molar-refractivity contribution in [3.05, 3.63) is 71.8 Å². The molecule has 230 valence electrons. The molecule has 3 N–H and O–H groups in total. The van der Waals surface area contributed by atoms with Crippen LogP contribution in [0, 0.1) is 6.92 Å². The van der Waals surface area contributed by atoms with Gasteiger partial charge in [0.2, 0.25) is 5.95 Å². The standard InChI is InChI=1S/C30H33F3N10O/c1-3-41-8-10-42(11-9-41)24-14-21(30(31,32)33)13-23(15-24)39-28(44)20-5-4-19(2)25(12-20)40-29-36-18-37-43(29)27-16-26(34-17-35-27)38-22-6-7-22/h4-5,12-18,22H,3,6-11H2,1-2H3,(H,39,44)(H,34,35,38)(H,36,37,40). The average molecular weight is 607 g/mol. The molecule has 2 fully saturated rings. The van der Waals surface area contributed by atoms with Gasteiger partial charge in [-0.1, -0.05) is 13.0 Å². The van der Waals surface area contributed by atoms with Gasteiger partial charge in [0.05, 0.1) is 5.56 Å². The summed E-state index contributed by atoms with van der Waals surface area (Å²) in [5.74, 6) is 1.02. The van der Waals surface area contributed by atoms with Crippen molar-refractivity contribution in [3.8, 4) is 5.82 Å². The van der Waals surface area contributed by atoms with E-state index in [0.717, 1.165) is 50.2 Å². The molecule has 6 rings (SSSR count). The number of alkyl halides is 3. The molecule has 1 aliphatic heterocycles. The van der Waals surface area contributed by atoms with Crippen LogP contribution in [0.15, 0.2) is 55.1 Å². The number of likely N-dealkylation sites (N-methyl/N-ethyl adjacent to an activating group) is 1. The molecule has 1 amide bonds. The molecule has 1 saturated heterocycles. The van der Waals surface area contributed by atoms with Crippen LogP contribution in [0.2, 0.25) is 0 Å². The van der Waals surface area contributed by atoms with E-state index in [0.29, 0.717) is 48.1 Å². The molecule has 1 aliphatic carbocycles. The number of piperazine rings is 1. The van der Waals surface area contributed by atoms with Crippen LogP contribution < -0.4 is 20.9 Å². The number of nitrogens with zero attached hydrogens (tertiary/aromatic N) is 7. The number of aromatic nitrogens is 5. The molecular formula is C30H33F3N10O. The van der Waals surface area contributed by atoms with Crippen molar-refractivity contribution in [2.75, 3.05) is 53.6 Å². The lowest BCUT2D eigenvalue weighted by molar-refractivity contribution is -0.137. The highest BCUT2D eigenvalue weighted by molar-refractivity contribution is 6.05. The average Bonchev–Trinajstić information content (AvgIpc) is 3.71. The summed E-state index contributed by atoms with van der Waals surface area (Å²) in [5.41, 5.74) is 1.36. The highest BCUT2D eigenvalue weighted by Gasteiger charge is 2.32. The Morgan fingerprint density at radius 2 is 1.77 bits per heavy atom. The Balaban J connectivity index is 1.21. The van der Waals surface area contributed by atoms with E-state index < -0.39 is 17.6 Å². The maximum Gasteiger partial charge on any atom is 0.416 e. The predicted molar refractivity (Wildman–Crippen MR) is 162 cm³/mol. The van der Waals surface area contributed by atoms with Crippen molar-refractivity contribution in [3.63, 3.8) is 0 Å². The second-order valence-corrected chi connectivity index (χ2v) is 11.0. The van der Waals surface area contributed by atoms with Crippen LogP contribution in [0.4, 0.5) is 42.0 Å². The zero-order valence-corrected chi connectivity index (χ0v) is 24.4. The minimum atomic E-state index is -4.56. The number of amides is 1. The van der Waals surface area contributed by atoms with E-state index in [-0.39, 0.29) is 11.3 Å². The maximum atomic E-state index is 13.8. The summed E-state index contributed by atoms with van der Waals surface area (Å²) < 4.78 is 43.0. The fraction of sp³-hybridized carbons (Fsp3) is 0.367. The second kappa shape index (κ2) is 12.1. The number of halogens is 3. The molecule has 0 bridgehead atoms. The van der Waals surface area contributed by atoms with E-state index in [4.69, 9.17) is 0 Å². The van der Waals surface area contributed by atoms with E-state index >= 15 is 0 Å². The molecule has 2 aromatic carbocycles. The van der Waals surface area contributed by atoms with Crippen molar-refractivity contribution < 1.29 is 18.0 Å². The number of nitrogens with one attached hydrogen (secondary N) is 3. The Morgan fingerprint density at radius 1 is 0.977 bits per heavy atom. The van der Waals surface area contributed by atoms with E-state index in [9.17, 15) is 18.0 Å². The first-order chi connectivity index (χ1) is 21.2. The quantitative estimate of drug-likeness (QED) is 0.239. The summed E-state index contributed by atoms with van der Waals surface area (Å²) in [5, 5.41) is 13.5. The number of carbonyl (C=O) groups is 1. The molecule has 44 heavy (non-hydrogen) atoms. The molecule has 2 aromatic heterocycles. The smallest absolute Gasteiger partial charge is 0.369 e. The predicted octanol–water partition coefficient (Wildman–Crippen LogP) is 5.10. The molecule has 0 atom stereocenters. The lowest BCUT2D eigenvalue weighted by Crippen LogP contribution is -2.46. The van der Waals surface area contributed by atoms with Crippen molar-refractivity contribution >= 4 is 34.7 Å². The number of aryl methyl sites for hydroxylation is 1. The normalized spacial score (nSPS) is 15.7. The van der Waals surface area contributed by atoms with E-state index in [1.165, 1.54) is 17.3 Å². The largest absolute Gasteiger partial charge is 0.416 e. The molecule has 0 unspecified atom stereocenters. The number of hydrogen-bond acceptors (Lipinski definition) is 9. The van der Waals surface area contributed by atoms with Gasteiger partial charge in [0.1, 0.15) is 18.5 Å². The molecule has 2 aliphatic rings. The van der Waals surface area contributed by atoms with Gasteiger partial charge < -0.3 is 25.8 Å². The lowest BCUT2D eigenvalue weighted by Gasteiger charge is -2.36. The summed E-state index contributed by atoms with van der Waals surface area (Å²) in [4.78, 5) is 30.4. The summed E-state index contributed by atoms with van der Waals surface area (Å²) in [7, 11) is 0. The molecule has 0 spiro atoms. The third-order valence-electron chi connectivity index (χ3n) is 7.78. The topological polar surface area (TPSA) is 116 Å². The zero-order chi connectivity index (χ0) is 30.8. The first-order valence-electron chi connectivity index (χ1n) is 14.5. The molecular weight excluding hydrogens is 573 g/mol. The fourth-order valence-electron chi connectivity index (χ4n) is 5.05. The Kier molecular flexibility index (Phi) is 8.08. The molecule has 0 radical (unpaired) electrons. The minimum Gasteiger partial charge on any atom is -0.369 e. The van der Waals surface area contributed by atoms with Gasteiger partial charge in [0, 0.05) is 60.9 Å². The number of carbonyl (C=O) groups excluding carboxylic acids is 1. The van der Waals surface area contributed by atoms with Crippen LogP contribution in [0.25, 0.3) is 5.82 Å². The van der Waals surface area contributed by atoms with Crippen LogP contribution in [0.5, 0.6) is 0 Å². The molecule has 3 heterocycles. The van der Waals surface area contributed by atoms with E-state index in [1.807, 2.05) is 11.8 Å². The lowest BCUT2D eigenvalue weighted by atomic mass is 10.1. The van der Waals surface area contributed by atoms with E-state index in [2.05, 4.69) is 47.8 Å². The van der Waals surface area contributed by atoms with Gasteiger partial charge in [-0.15, -0.1) is 0 Å². The van der Waals surface area contributed by atoms with Crippen LogP contribution >= 0.6 is 0 Å². The van der Waals surface area contributed by atoms with Gasteiger partial charge in [-0.2, -0.15) is 27.9 Å². The number of hydrogen-bond donors (Lipinski definition) is 3. The molecule has 11 nitrogen and oxygen atoms in total. The van der Waals surface area contributed by atoms with Crippen molar-refractivity contribution in [2.24, 2.45) is 0 Å². The molecule has 14 heteroatoms. The molecule has 4 aromatic rings. The SMILES string of the molecule is CCN1CCN(c2cc(NC(=O)c3ccc(C)c(Nc4ncnn4-c4cc(NC5CC5)ncn4)c3)cc(C(F)(F)F)c2)CC1. The second-order valence-electron chi connectivity index (χ2n) is 11.0. The van der Waals surface area contributed by atoms with Crippen molar-refractivity contribution in [1.82, 2.24) is 29.6 Å². The summed E-state index contributed by atoms with van der Waals surface area (Å²) >= 11 is 0. The highest BCUT2D eigenvalue weighted by Crippen LogP contribution is 2.35. The van der Waals surface area contributed by atoms with Gasteiger partial charge in [-0.3, -0.25) is 4.79 Å². The molecule has 1 saturated carbocycles. The monoisotopic (exact) mass is 606 g/mol. The number of rotatable bonds is 9. The van der Waals surface area contributed by atoms with Gasteiger partial charge in [0.15, 0.2) is 5.82 Å². The summed E-state index contributed by atoms with van der Waals surface area (Å²) in [6.07, 6.45) is 0.480. The maximum absolute atomic E-state index is 13.8. The Labute approximate surface area is 252 Å². The van der Waals surface area contributed by atoms with Crippen LogP contribution in [0.3, 0.4) is 0 Å². The highest BCUT2D eigenvalue weighted by atomic mass is 19.4. The third-order valence-corrected chi connectivity index (χ3v) is 7.78. The van der Waals surface area contributed by atoms with Gasteiger partial charge in [0.25, 0.3) is 5.91 Å². The Bertz CT molecular complexity index is 1640. The van der Waals surface area contributed by atoms with Gasteiger partial charge >= 0.3 is 6.18 Å². The Morgan fingerprint density at radius 3 is 2.50 bits per heavy atom. The summed E-state index contributed by atoms with van der Waals surface area (Å²) in [6.45, 7) is 7.55. The number of benzene rings is 2. The van der Waals surface area contributed by atoms with Gasteiger partial charge in [-0.05, 0) is 62.2 Å². The van der Waals surface area contributed by atoms with Crippen molar-refractivity contribution in [1.29, 1.82) is 0 Å². The van der Waals surface area contributed by atoms with Crippen LogP contribution in [0.1, 0.15) is 41.3 Å². The number of anilines is 5. The first kappa shape index (κ1) is 29.4. The Hall–Kier alpha value is -4.72. The van der Waals surface area contributed by atoms with Crippen molar-refractivity contribution in [2.45, 2.75) is 38.9 Å². The zero-order valence-electron chi connectivity index (χ0n) is 24.4. The first-order valence-corrected chi connectivity index (χ1v) is 14.5.